The minimum atomic E-state index is -0.0403. The minimum absolute atomic E-state index is 0.00403. The van der Waals surface area contributed by atoms with Crippen molar-refractivity contribution in [1.82, 2.24) is 19.9 Å². The van der Waals surface area contributed by atoms with E-state index in [0.29, 0.717) is 23.4 Å². The molecule has 2 aromatic heterocycles. The number of imidazole rings is 1. The Bertz CT molecular complexity index is 452. The largest absolute Gasteiger partial charge is 0.340 e. The third-order valence-corrected chi connectivity index (χ3v) is 1.82. The van der Waals surface area contributed by atoms with Gasteiger partial charge in [-0.3, -0.25) is 10.4 Å². The molecule has 3 N–H and O–H groups in total. The molecule has 2 heterocycles. The summed E-state index contributed by atoms with van der Waals surface area (Å²) >= 11 is 0. The number of rotatable bonds is 2. The molecule has 0 fully saturated rings. The first-order chi connectivity index (χ1) is 6.72. The monoisotopic (exact) mass is 195 g/mol. The Morgan fingerprint density at radius 2 is 2.21 bits per heavy atom. The number of hydrogen-bond acceptors (Lipinski definition) is 6. The molecule has 7 nitrogen and oxygen atoms in total. The lowest BCUT2D eigenvalue weighted by molar-refractivity contribution is 0.0274. The zero-order valence-electron chi connectivity index (χ0n) is 7.47. The van der Waals surface area contributed by atoms with Gasteiger partial charge in [0, 0.05) is 6.42 Å². The smallest absolute Gasteiger partial charge is 0.212 e. The third-order valence-electron chi connectivity index (χ3n) is 1.82. The predicted molar refractivity (Wildman–Crippen MR) is 47.1 cm³/mol. The van der Waals surface area contributed by atoms with Crippen LogP contribution in [0.1, 0.15) is 12.7 Å². The number of anilines is 1. The summed E-state index contributed by atoms with van der Waals surface area (Å²) < 4.78 is 0. The Kier molecular flexibility index (Phi) is 2.02. The molecule has 2 aromatic rings. The van der Waals surface area contributed by atoms with Crippen molar-refractivity contribution in [2.45, 2.75) is 13.3 Å². The van der Waals surface area contributed by atoms with Gasteiger partial charge in [0.1, 0.15) is 11.3 Å². The molecule has 7 heteroatoms. The number of nitrogens with zero attached hydrogens (tertiary/aromatic N) is 4. The van der Waals surface area contributed by atoms with Crippen LogP contribution in [0.2, 0.25) is 0 Å². The number of aryl methyl sites for hydroxylation is 1. The van der Waals surface area contributed by atoms with Gasteiger partial charge in [-0.15, -0.1) is 5.23 Å². The highest BCUT2D eigenvalue weighted by Gasteiger charge is 2.12. The Balaban J connectivity index is 2.70. The van der Waals surface area contributed by atoms with Crippen LogP contribution in [0.25, 0.3) is 11.2 Å². The van der Waals surface area contributed by atoms with Gasteiger partial charge in [-0.2, -0.15) is 0 Å². The summed E-state index contributed by atoms with van der Waals surface area (Å²) in [5.41, 5.74) is 0.812. The van der Waals surface area contributed by atoms with E-state index in [1.807, 2.05) is 6.92 Å². The van der Waals surface area contributed by atoms with Crippen molar-refractivity contribution in [1.29, 1.82) is 0 Å². The van der Waals surface area contributed by atoms with E-state index in [-0.39, 0.29) is 11.0 Å². The van der Waals surface area contributed by atoms with E-state index >= 15 is 0 Å². The maximum Gasteiger partial charge on any atom is 0.212 e. The number of aromatic nitrogens is 4. The molecule has 2 rings (SSSR count). The summed E-state index contributed by atoms with van der Waals surface area (Å²) in [5.74, 6) is 0.511. The summed E-state index contributed by atoms with van der Waals surface area (Å²) in [7, 11) is 0. The summed E-state index contributed by atoms with van der Waals surface area (Å²) in [6.45, 7) is 1.87. The zero-order chi connectivity index (χ0) is 10.1. The third kappa shape index (κ3) is 1.28. The van der Waals surface area contributed by atoms with Crippen LogP contribution in [0.4, 0.5) is 5.82 Å². The standard InChI is InChI=1S/C7H9N5O2/c1-2-4-10-6-5(8-3-9-6)7(11-4)12(13)14/h3,13-14H,2H2,1H3,(H,8,9,10,11). The fourth-order valence-electron chi connectivity index (χ4n) is 1.16. The van der Waals surface area contributed by atoms with E-state index in [1.54, 1.807) is 0 Å². The van der Waals surface area contributed by atoms with Gasteiger partial charge in [0.25, 0.3) is 0 Å². The van der Waals surface area contributed by atoms with Crippen molar-refractivity contribution in [2.75, 3.05) is 5.23 Å². The fraction of sp³-hybridized carbons (Fsp3) is 0.286. The van der Waals surface area contributed by atoms with Gasteiger partial charge in [-0.05, 0) is 0 Å². The summed E-state index contributed by atoms with van der Waals surface area (Å²) in [5, 5.41) is 17.8. The molecule has 0 radical (unpaired) electrons. The van der Waals surface area contributed by atoms with Crippen molar-refractivity contribution in [2.24, 2.45) is 0 Å². The number of nitrogens with one attached hydrogen (secondary N) is 1. The van der Waals surface area contributed by atoms with Crippen molar-refractivity contribution in [3.63, 3.8) is 0 Å². The molecule has 0 aliphatic heterocycles. The highest BCUT2D eigenvalue weighted by Crippen LogP contribution is 2.18. The van der Waals surface area contributed by atoms with Crippen LogP contribution in [-0.4, -0.2) is 30.4 Å². The average Bonchev–Trinajstić information content (AvgIpc) is 2.63. The first-order valence-electron chi connectivity index (χ1n) is 4.10. The lowest BCUT2D eigenvalue weighted by Gasteiger charge is -2.07. The van der Waals surface area contributed by atoms with Crippen LogP contribution in [-0.2, 0) is 6.42 Å². The Morgan fingerprint density at radius 3 is 2.86 bits per heavy atom. The van der Waals surface area contributed by atoms with E-state index in [1.165, 1.54) is 6.33 Å². The topological polar surface area (TPSA) is 98.2 Å². The van der Waals surface area contributed by atoms with E-state index in [2.05, 4.69) is 19.9 Å². The highest BCUT2D eigenvalue weighted by atomic mass is 16.8. The minimum Gasteiger partial charge on any atom is -0.340 e. The molecule has 0 aliphatic carbocycles. The SMILES string of the molecule is CCc1nc(N(O)O)c2[nH]cnc2n1. The molecule has 0 aromatic carbocycles. The van der Waals surface area contributed by atoms with Gasteiger partial charge in [0.2, 0.25) is 5.82 Å². The predicted octanol–water partition coefficient (Wildman–Crippen LogP) is 0.500. The summed E-state index contributed by atoms with van der Waals surface area (Å²) in [4.78, 5) is 14.7. The molecule has 0 bridgehead atoms. The van der Waals surface area contributed by atoms with Crippen LogP contribution in [0.15, 0.2) is 6.33 Å². The summed E-state index contributed by atoms with van der Waals surface area (Å²) in [6.07, 6.45) is 2.02. The Morgan fingerprint density at radius 1 is 1.43 bits per heavy atom. The van der Waals surface area contributed by atoms with Crippen molar-refractivity contribution < 1.29 is 10.4 Å². The second-order valence-electron chi connectivity index (χ2n) is 2.71. The van der Waals surface area contributed by atoms with Crippen LogP contribution in [0, 0.1) is 0 Å². The van der Waals surface area contributed by atoms with Crippen LogP contribution in [0.5, 0.6) is 0 Å². The number of aromatic amines is 1. The highest BCUT2D eigenvalue weighted by molar-refractivity contribution is 5.81. The molecule has 0 amide bonds. The number of fused-ring (bicyclic) bond motifs is 1. The van der Waals surface area contributed by atoms with Crippen molar-refractivity contribution in [3.8, 4) is 0 Å². The fourth-order valence-corrected chi connectivity index (χ4v) is 1.16. The molecular formula is C7H9N5O2. The number of hydrogen-bond donors (Lipinski definition) is 3. The van der Waals surface area contributed by atoms with Crippen LogP contribution >= 0.6 is 0 Å². The van der Waals surface area contributed by atoms with Crippen molar-refractivity contribution >= 4 is 17.0 Å². The average molecular weight is 195 g/mol. The van der Waals surface area contributed by atoms with E-state index < -0.39 is 0 Å². The second kappa shape index (κ2) is 3.20. The first kappa shape index (κ1) is 8.85. The second-order valence-corrected chi connectivity index (χ2v) is 2.71. The lowest BCUT2D eigenvalue weighted by atomic mass is 10.4. The van der Waals surface area contributed by atoms with Crippen LogP contribution in [0.3, 0.4) is 0 Å². The van der Waals surface area contributed by atoms with E-state index in [4.69, 9.17) is 10.4 Å². The number of H-pyrrole nitrogens is 1. The quantitative estimate of drug-likeness (QED) is 0.603. The molecule has 14 heavy (non-hydrogen) atoms. The molecule has 74 valence electrons. The Labute approximate surface area is 79.0 Å². The van der Waals surface area contributed by atoms with Gasteiger partial charge in [-0.25, -0.2) is 15.0 Å². The lowest BCUT2D eigenvalue weighted by Crippen LogP contribution is -2.14. The molecule has 0 saturated carbocycles. The molecular weight excluding hydrogens is 186 g/mol. The maximum absolute atomic E-state index is 8.91. The molecule has 0 spiro atoms. The van der Waals surface area contributed by atoms with Gasteiger partial charge in [0.05, 0.1) is 6.33 Å². The zero-order valence-corrected chi connectivity index (χ0v) is 7.47. The van der Waals surface area contributed by atoms with E-state index in [9.17, 15) is 0 Å². The van der Waals surface area contributed by atoms with Gasteiger partial charge < -0.3 is 4.98 Å². The van der Waals surface area contributed by atoms with Crippen LogP contribution < -0.4 is 5.23 Å². The van der Waals surface area contributed by atoms with Gasteiger partial charge in [0.15, 0.2) is 5.65 Å². The van der Waals surface area contributed by atoms with Crippen molar-refractivity contribution in [3.05, 3.63) is 12.2 Å². The Hall–Kier alpha value is -1.73. The normalized spacial score (nSPS) is 10.8. The molecule has 0 saturated heterocycles. The molecule has 0 atom stereocenters. The molecule has 0 aliphatic rings. The summed E-state index contributed by atoms with van der Waals surface area (Å²) in [6, 6.07) is 0. The van der Waals surface area contributed by atoms with E-state index in [0.717, 1.165) is 0 Å². The van der Waals surface area contributed by atoms with Gasteiger partial charge in [-0.1, -0.05) is 6.92 Å². The first-order valence-corrected chi connectivity index (χ1v) is 4.10. The van der Waals surface area contributed by atoms with Gasteiger partial charge >= 0.3 is 0 Å². The molecule has 0 unspecified atom stereocenters. The maximum atomic E-state index is 8.91.